The van der Waals surface area contributed by atoms with Gasteiger partial charge in [-0.1, -0.05) is 30.3 Å². The molecule has 2 aromatic rings. The fourth-order valence-electron chi connectivity index (χ4n) is 1.81. The number of nitrogens with one attached hydrogen (secondary N) is 1. The van der Waals surface area contributed by atoms with Gasteiger partial charge < -0.3 is 14.6 Å². The molecule has 1 N–H and O–H groups in total. The minimum atomic E-state index is -0.361. The van der Waals surface area contributed by atoms with Crippen molar-refractivity contribution < 1.29 is 9.53 Å². The van der Waals surface area contributed by atoms with Gasteiger partial charge in [0.2, 0.25) is 0 Å². The zero-order valence-electron chi connectivity index (χ0n) is 12.0. The van der Waals surface area contributed by atoms with Crippen LogP contribution in [0.25, 0.3) is 0 Å². The number of aryl methyl sites for hydroxylation is 2. The molecule has 0 aliphatic carbocycles. The Kier molecular flexibility index (Phi) is 4.40. The Morgan fingerprint density at radius 1 is 1.30 bits per heavy atom. The highest BCUT2D eigenvalue weighted by Gasteiger charge is 2.13. The zero-order valence-corrected chi connectivity index (χ0v) is 12.0. The number of nitrogens with zero attached hydrogens (tertiary/aromatic N) is 2. The van der Waals surface area contributed by atoms with Crippen LogP contribution < -0.4 is 0 Å². The predicted molar refractivity (Wildman–Crippen MR) is 76.2 cm³/mol. The van der Waals surface area contributed by atoms with E-state index in [0.29, 0.717) is 6.54 Å². The molecule has 106 valence electrons. The molecule has 0 aliphatic heterocycles. The van der Waals surface area contributed by atoms with Crippen molar-refractivity contribution in [3.63, 3.8) is 0 Å². The first kappa shape index (κ1) is 14.1. The molecule has 1 heterocycles. The maximum Gasteiger partial charge on any atom is 0.410 e. The Bertz CT molecular complexity index is 559. The summed E-state index contributed by atoms with van der Waals surface area (Å²) in [4.78, 5) is 20.9. The maximum atomic E-state index is 11.9. The normalized spacial score (nSPS) is 10.3. The quantitative estimate of drug-likeness (QED) is 0.931. The number of amides is 1. The van der Waals surface area contributed by atoms with Crippen LogP contribution in [-0.2, 0) is 17.9 Å². The molecule has 0 unspecified atom stereocenters. The Hall–Kier alpha value is -2.30. The molecule has 0 aliphatic rings. The van der Waals surface area contributed by atoms with Gasteiger partial charge >= 0.3 is 6.09 Å². The predicted octanol–water partition coefficient (Wildman–Crippen LogP) is 2.80. The second-order valence-corrected chi connectivity index (χ2v) is 4.79. The van der Waals surface area contributed by atoms with Gasteiger partial charge in [-0.3, -0.25) is 0 Å². The van der Waals surface area contributed by atoms with E-state index in [0.717, 1.165) is 22.8 Å². The topological polar surface area (TPSA) is 58.2 Å². The van der Waals surface area contributed by atoms with Crippen LogP contribution >= 0.6 is 0 Å². The van der Waals surface area contributed by atoms with Crippen molar-refractivity contribution in [1.82, 2.24) is 14.9 Å². The van der Waals surface area contributed by atoms with Crippen LogP contribution in [0.4, 0.5) is 4.79 Å². The standard InChI is InChI=1S/C15H19N3O2/c1-11-12(2)17-14(16-11)9-18(3)15(19)20-10-13-7-5-4-6-8-13/h4-8H,9-10H2,1-3H3,(H,16,17). The molecule has 1 aromatic carbocycles. The number of aromatic nitrogens is 2. The molecular formula is C15H19N3O2. The lowest BCUT2D eigenvalue weighted by molar-refractivity contribution is 0.102. The average Bonchev–Trinajstić information content (AvgIpc) is 2.75. The van der Waals surface area contributed by atoms with Gasteiger partial charge in [0.25, 0.3) is 0 Å². The van der Waals surface area contributed by atoms with E-state index in [1.165, 1.54) is 4.90 Å². The number of rotatable bonds is 4. The van der Waals surface area contributed by atoms with E-state index in [1.54, 1.807) is 7.05 Å². The van der Waals surface area contributed by atoms with E-state index in [9.17, 15) is 4.79 Å². The van der Waals surface area contributed by atoms with Gasteiger partial charge in [-0.15, -0.1) is 0 Å². The van der Waals surface area contributed by atoms with Gasteiger partial charge in [-0.2, -0.15) is 0 Å². The highest BCUT2D eigenvalue weighted by atomic mass is 16.6. The fourth-order valence-corrected chi connectivity index (χ4v) is 1.81. The summed E-state index contributed by atoms with van der Waals surface area (Å²) in [6, 6.07) is 9.61. The molecule has 0 radical (unpaired) electrons. The molecule has 5 nitrogen and oxygen atoms in total. The minimum absolute atomic E-state index is 0.278. The second kappa shape index (κ2) is 6.23. The molecule has 0 saturated carbocycles. The second-order valence-electron chi connectivity index (χ2n) is 4.79. The first-order chi connectivity index (χ1) is 9.56. The van der Waals surface area contributed by atoms with Crippen molar-refractivity contribution in [2.24, 2.45) is 0 Å². The lowest BCUT2D eigenvalue weighted by Gasteiger charge is -2.15. The number of imidazole rings is 1. The number of hydrogen-bond acceptors (Lipinski definition) is 3. The zero-order chi connectivity index (χ0) is 14.5. The number of benzene rings is 1. The summed E-state index contributed by atoms with van der Waals surface area (Å²) in [5.74, 6) is 0.763. The first-order valence-electron chi connectivity index (χ1n) is 6.50. The van der Waals surface area contributed by atoms with Crippen LogP contribution in [0.2, 0.25) is 0 Å². The number of H-pyrrole nitrogens is 1. The monoisotopic (exact) mass is 273 g/mol. The maximum absolute atomic E-state index is 11.9. The van der Waals surface area contributed by atoms with Crippen molar-refractivity contribution in [2.45, 2.75) is 27.0 Å². The molecule has 1 amide bonds. The molecule has 5 heteroatoms. The molecule has 0 bridgehead atoms. The minimum Gasteiger partial charge on any atom is -0.445 e. The summed E-state index contributed by atoms with van der Waals surface area (Å²) >= 11 is 0. The number of aromatic amines is 1. The van der Waals surface area contributed by atoms with E-state index in [1.807, 2.05) is 44.2 Å². The van der Waals surface area contributed by atoms with E-state index >= 15 is 0 Å². The molecule has 1 aromatic heterocycles. The Balaban J connectivity index is 1.86. The number of hydrogen-bond donors (Lipinski definition) is 1. The summed E-state index contributed by atoms with van der Waals surface area (Å²) in [7, 11) is 1.69. The van der Waals surface area contributed by atoms with Crippen molar-refractivity contribution in [2.75, 3.05) is 7.05 Å². The van der Waals surface area contributed by atoms with Gasteiger partial charge in [-0.05, 0) is 19.4 Å². The van der Waals surface area contributed by atoms with Crippen LogP contribution in [0, 0.1) is 13.8 Å². The van der Waals surface area contributed by atoms with Crippen LogP contribution in [0.1, 0.15) is 22.8 Å². The van der Waals surface area contributed by atoms with Crippen LogP contribution in [-0.4, -0.2) is 28.0 Å². The summed E-state index contributed by atoms with van der Waals surface area (Å²) in [5.41, 5.74) is 2.94. The van der Waals surface area contributed by atoms with E-state index < -0.39 is 0 Å². The van der Waals surface area contributed by atoms with Crippen molar-refractivity contribution >= 4 is 6.09 Å². The fraction of sp³-hybridized carbons (Fsp3) is 0.333. The number of carbonyl (C=O) groups is 1. The number of carbonyl (C=O) groups excluding carboxylic acids is 1. The van der Waals surface area contributed by atoms with Crippen LogP contribution in [0.3, 0.4) is 0 Å². The molecule has 2 rings (SSSR count). The Labute approximate surface area is 118 Å². The van der Waals surface area contributed by atoms with Gasteiger partial charge in [0.1, 0.15) is 12.4 Å². The van der Waals surface area contributed by atoms with Crippen molar-refractivity contribution in [1.29, 1.82) is 0 Å². The molecule has 0 spiro atoms. The van der Waals surface area contributed by atoms with Crippen LogP contribution in [0.5, 0.6) is 0 Å². The highest BCUT2D eigenvalue weighted by Crippen LogP contribution is 2.07. The van der Waals surface area contributed by atoms with E-state index in [-0.39, 0.29) is 12.7 Å². The third-order valence-electron chi connectivity index (χ3n) is 3.08. The first-order valence-corrected chi connectivity index (χ1v) is 6.50. The largest absolute Gasteiger partial charge is 0.445 e. The van der Waals surface area contributed by atoms with Crippen molar-refractivity contribution in [3.8, 4) is 0 Å². The Morgan fingerprint density at radius 2 is 2.00 bits per heavy atom. The summed E-state index contributed by atoms with van der Waals surface area (Å²) in [6.07, 6.45) is -0.361. The third-order valence-corrected chi connectivity index (χ3v) is 3.08. The van der Waals surface area contributed by atoms with Crippen LogP contribution in [0.15, 0.2) is 30.3 Å². The van der Waals surface area contributed by atoms with Gasteiger partial charge in [0.15, 0.2) is 0 Å². The molecule has 0 fully saturated rings. The molecule has 0 atom stereocenters. The smallest absolute Gasteiger partial charge is 0.410 e. The van der Waals surface area contributed by atoms with Crippen molar-refractivity contribution in [3.05, 3.63) is 53.1 Å². The van der Waals surface area contributed by atoms with Gasteiger partial charge in [-0.25, -0.2) is 9.78 Å². The van der Waals surface area contributed by atoms with E-state index in [2.05, 4.69) is 9.97 Å². The SMILES string of the molecule is Cc1nc(CN(C)C(=O)OCc2ccccc2)[nH]c1C. The summed E-state index contributed by atoms with van der Waals surface area (Å²) < 4.78 is 5.24. The summed E-state index contributed by atoms with van der Waals surface area (Å²) in [5, 5.41) is 0. The van der Waals surface area contributed by atoms with Gasteiger partial charge in [0.05, 0.1) is 12.2 Å². The lowest BCUT2D eigenvalue weighted by Crippen LogP contribution is -2.27. The molecule has 20 heavy (non-hydrogen) atoms. The Morgan fingerprint density at radius 3 is 2.60 bits per heavy atom. The molecule has 0 saturated heterocycles. The highest BCUT2D eigenvalue weighted by molar-refractivity contribution is 5.67. The molecular weight excluding hydrogens is 254 g/mol. The van der Waals surface area contributed by atoms with Gasteiger partial charge in [0, 0.05) is 12.7 Å². The lowest BCUT2D eigenvalue weighted by atomic mass is 10.2. The van der Waals surface area contributed by atoms with E-state index in [4.69, 9.17) is 4.74 Å². The summed E-state index contributed by atoms with van der Waals surface area (Å²) in [6.45, 7) is 4.57. The average molecular weight is 273 g/mol. The third kappa shape index (κ3) is 3.60. The number of ether oxygens (including phenoxy) is 1.